The number of benzene rings is 1. The van der Waals surface area contributed by atoms with Crippen molar-refractivity contribution < 1.29 is 22.7 Å². The molecule has 4 nitrogen and oxygen atoms in total. The predicted octanol–water partition coefficient (Wildman–Crippen LogP) is 3.73. The number of aromatic nitrogens is 1. The fourth-order valence-electron chi connectivity index (χ4n) is 2.51. The molecule has 2 rings (SSSR count). The van der Waals surface area contributed by atoms with E-state index in [1.807, 2.05) is 0 Å². The lowest BCUT2D eigenvalue weighted by atomic mass is 10.1. The molecule has 0 radical (unpaired) electrons. The number of hydrogen-bond donors (Lipinski definition) is 0. The van der Waals surface area contributed by atoms with Crippen LogP contribution in [0, 0.1) is 17.5 Å². The number of halogens is 3. The van der Waals surface area contributed by atoms with Crippen molar-refractivity contribution in [2.75, 3.05) is 6.61 Å². The molecule has 0 fully saturated rings. The largest absolute Gasteiger partial charge is 0.462 e. The minimum atomic E-state index is -1.68. The number of pyridine rings is 1. The summed E-state index contributed by atoms with van der Waals surface area (Å²) in [6.45, 7) is 6.96. The molecule has 1 aromatic carbocycles. The van der Waals surface area contributed by atoms with Crippen molar-refractivity contribution in [3.8, 4) is 0 Å². The van der Waals surface area contributed by atoms with E-state index in [1.165, 1.54) is 10.6 Å². The number of carbonyl (C=O) groups excluding carboxylic acids is 1. The van der Waals surface area contributed by atoms with Gasteiger partial charge < -0.3 is 9.30 Å². The highest BCUT2D eigenvalue weighted by atomic mass is 19.2. The fourth-order valence-corrected chi connectivity index (χ4v) is 2.51. The SMILES string of the molecule is C=CC(CC)n1cc(C(=O)OCC)c(=O)c2cc(F)c(F)c(F)c21. The Kier molecular flexibility index (Phi) is 5.11. The van der Waals surface area contributed by atoms with Crippen molar-refractivity contribution >= 4 is 16.9 Å². The molecule has 0 N–H and O–H groups in total. The lowest BCUT2D eigenvalue weighted by Gasteiger charge is -2.20. The van der Waals surface area contributed by atoms with Gasteiger partial charge in [-0.3, -0.25) is 4.79 Å². The summed E-state index contributed by atoms with van der Waals surface area (Å²) < 4.78 is 47.5. The molecule has 0 amide bonds. The summed E-state index contributed by atoms with van der Waals surface area (Å²) in [7, 11) is 0. The molecule has 0 spiro atoms. The van der Waals surface area contributed by atoms with Crippen LogP contribution in [0.4, 0.5) is 13.2 Å². The Hall–Kier alpha value is -2.57. The average molecular weight is 339 g/mol. The Labute approximate surface area is 136 Å². The van der Waals surface area contributed by atoms with Crippen LogP contribution in [-0.2, 0) is 4.74 Å². The molecule has 1 aromatic heterocycles. The van der Waals surface area contributed by atoms with Gasteiger partial charge >= 0.3 is 5.97 Å². The van der Waals surface area contributed by atoms with Crippen LogP contribution in [0.15, 0.2) is 29.7 Å². The summed E-state index contributed by atoms with van der Waals surface area (Å²) in [5.74, 6) is -5.59. The molecule has 2 aromatic rings. The van der Waals surface area contributed by atoms with Gasteiger partial charge in [-0.2, -0.15) is 0 Å². The first-order valence-electron chi connectivity index (χ1n) is 7.39. The van der Waals surface area contributed by atoms with Crippen LogP contribution in [-0.4, -0.2) is 17.1 Å². The molecule has 7 heteroatoms. The highest BCUT2D eigenvalue weighted by Gasteiger charge is 2.24. The number of carbonyl (C=O) groups is 1. The van der Waals surface area contributed by atoms with Gasteiger partial charge in [0.1, 0.15) is 5.56 Å². The number of hydrogen-bond acceptors (Lipinski definition) is 3. The predicted molar refractivity (Wildman–Crippen MR) is 83.6 cm³/mol. The third-order valence-corrected chi connectivity index (χ3v) is 3.70. The van der Waals surface area contributed by atoms with Crippen LogP contribution >= 0.6 is 0 Å². The van der Waals surface area contributed by atoms with E-state index in [9.17, 15) is 22.8 Å². The van der Waals surface area contributed by atoms with Crippen LogP contribution in [0.25, 0.3) is 10.9 Å². The normalized spacial score (nSPS) is 12.2. The first-order chi connectivity index (χ1) is 11.4. The highest BCUT2D eigenvalue weighted by molar-refractivity contribution is 5.94. The molecule has 0 aliphatic heterocycles. The molecule has 0 aliphatic carbocycles. The van der Waals surface area contributed by atoms with E-state index in [1.54, 1.807) is 13.8 Å². The van der Waals surface area contributed by atoms with Gasteiger partial charge in [0.05, 0.1) is 23.6 Å². The van der Waals surface area contributed by atoms with E-state index in [0.29, 0.717) is 12.5 Å². The van der Waals surface area contributed by atoms with E-state index in [2.05, 4.69) is 6.58 Å². The van der Waals surface area contributed by atoms with Crippen LogP contribution < -0.4 is 5.43 Å². The fraction of sp³-hybridized carbons (Fsp3) is 0.294. The van der Waals surface area contributed by atoms with Crippen LogP contribution in [0.2, 0.25) is 0 Å². The van der Waals surface area contributed by atoms with Crippen LogP contribution in [0.1, 0.15) is 36.7 Å². The Morgan fingerprint density at radius 1 is 1.33 bits per heavy atom. The monoisotopic (exact) mass is 339 g/mol. The summed E-state index contributed by atoms with van der Waals surface area (Å²) >= 11 is 0. The first-order valence-corrected chi connectivity index (χ1v) is 7.39. The summed E-state index contributed by atoms with van der Waals surface area (Å²) in [4.78, 5) is 24.4. The topological polar surface area (TPSA) is 48.3 Å². The van der Waals surface area contributed by atoms with E-state index in [4.69, 9.17) is 4.74 Å². The second kappa shape index (κ2) is 6.90. The number of nitrogens with zero attached hydrogens (tertiary/aromatic N) is 1. The van der Waals surface area contributed by atoms with E-state index in [0.717, 1.165) is 6.20 Å². The quantitative estimate of drug-likeness (QED) is 0.474. The molecule has 24 heavy (non-hydrogen) atoms. The Bertz CT molecular complexity index is 874. The van der Waals surface area contributed by atoms with Crippen LogP contribution in [0.3, 0.4) is 0 Å². The van der Waals surface area contributed by atoms with E-state index >= 15 is 0 Å². The zero-order valence-corrected chi connectivity index (χ0v) is 13.2. The molecule has 128 valence electrons. The smallest absolute Gasteiger partial charge is 0.343 e. The second-order valence-electron chi connectivity index (χ2n) is 5.09. The van der Waals surface area contributed by atoms with Gasteiger partial charge in [-0.05, 0) is 19.4 Å². The summed E-state index contributed by atoms with van der Waals surface area (Å²) in [6.07, 6.45) is 2.99. The molecule has 1 unspecified atom stereocenters. The number of ether oxygens (including phenoxy) is 1. The number of allylic oxidation sites excluding steroid dienone is 1. The summed E-state index contributed by atoms with van der Waals surface area (Å²) in [6, 6.07) is 0.0612. The van der Waals surface area contributed by atoms with Gasteiger partial charge in [0.25, 0.3) is 0 Å². The van der Waals surface area contributed by atoms with Gasteiger partial charge in [-0.1, -0.05) is 13.0 Å². The van der Waals surface area contributed by atoms with Crippen LogP contribution in [0.5, 0.6) is 0 Å². The third-order valence-electron chi connectivity index (χ3n) is 3.70. The van der Waals surface area contributed by atoms with Crippen molar-refractivity contribution in [2.45, 2.75) is 26.3 Å². The average Bonchev–Trinajstić information content (AvgIpc) is 2.56. The maximum absolute atomic E-state index is 14.3. The second-order valence-corrected chi connectivity index (χ2v) is 5.09. The van der Waals surface area contributed by atoms with Gasteiger partial charge in [-0.15, -0.1) is 6.58 Å². The number of esters is 1. The highest BCUT2D eigenvalue weighted by Crippen LogP contribution is 2.26. The lowest BCUT2D eigenvalue weighted by molar-refractivity contribution is 0.0524. The van der Waals surface area contributed by atoms with Gasteiger partial charge in [0.2, 0.25) is 5.43 Å². The molecular formula is C17H16F3NO3. The Morgan fingerprint density at radius 2 is 2.00 bits per heavy atom. The lowest BCUT2D eigenvalue weighted by Crippen LogP contribution is -2.23. The molecule has 0 aliphatic rings. The summed E-state index contributed by atoms with van der Waals surface area (Å²) in [5.41, 5.74) is -1.72. The molecule has 1 heterocycles. The third kappa shape index (κ3) is 2.81. The standard InChI is InChI=1S/C17H16F3NO3/c1-4-9(5-2)21-8-11(17(23)24-6-3)16(22)10-7-12(18)13(19)14(20)15(10)21/h4,7-9H,1,5-6H2,2-3H3. The van der Waals surface area contributed by atoms with Crippen molar-refractivity contribution in [3.63, 3.8) is 0 Å². The van der Waals surface area contributed by atoms with Crippen molar-refractivity contribution in [1.82, 2.24) is 4.57 Å². The zero-order chi connectivity index (χ0) is 18.0. The minimum Gasteiger partial charge on any atom is -0.462 e. The maximum Gasteiger partial charge on any atom is 0.343 e. The summed E-state index contributed by atoms with van der Waals surface area (Å²) in [5, 5.41) is -0.433. The molecule has 0 saturated carbocycles. The van der Waals surface area contributed by atoms with Crippen molar-refractivity contribution in [2.24, 2.45) is 0 Å². The van der Waals surface area contributed by atoms with Crippen molar-refractivity contribution in [1.29, 1.82) is 0 Å². The van der Waals surface area contributed by atoms with Gasteiger partial charge in [0, 0.05) is 6.20 Å². The first kappa shape index (κ1) is 17.8. The maximum atomic E-state index is 14.3. The zero-order valence-electron chi connectivity index (χ0n) is 13.2. The molecule has 0 bridgehead atoms. The number of fused-ring (bicyclic) bond motifs is 1. The van der Waals surface area contributed by atoms with Crippen molar-refractivity contribution in [3.05, 3.63) is 58.2 Å². The van der Waals surface area contributed by atoms with E-state index in [-0.39, 0.29) is 12.2 Å². The molecular weight excluding hydrogens is 323 g/mol. The minimum absolute atomic E-state index is 0.0289. The Morgan fingerprint density at radius 3 is 2.54 bits per heavy atom. The molecule has 0 saturated heterocycles. The van der Waals surface area contributed by atoms with E-state index < -0.39 is 45.8 Å². The number of rotatable bonds is 5. The van der Waals surface area contributed by atoms with Gasteiger partial charge in [-0.25, -0.2) is 18.0 Å². The molecule has 1 atom stereocenters. The Balaban J connectivity index is 2.98. The van der Waals surface area contributed by atoms with Gasteiger partial charge in [0.15, 0.2) is 17.5 Å².